The molecule has 0 aliphatic carbocycles. The first-order valence-electron chi connectivity index (χ1n) is 6.41. The number of nitrogens with zero attached hydrogens (tertiary/aromatic N) is 1. The van der Waals surface area contributed by atoms with E-state index in [2.05, 4.69) is 0 Å². The van der Waals surface area contributed by atoms with E-state index in [1.807, 2.05) is 24.3 Å². The number of fused-ring (bicyclic) bond motifs is 1. The Labute approximate surface area is 122 Å². The molecular weight excluding hydrogens is 296 g/mol. The third kappa shape index (κ3) is 2.47. The summed E-state index contributed by atoms with van der Waals surface area (Å²) in [4.78, 5) is 0. The topological polar surface area (TPSA) is 72.6 Å². The van der Waals surface area contributed by atoms with Gasteiger partial charge in [-0.15, -0.1) is 11.3 Å². The zero-order valence-corrected chi connectivity index (χ0v) is 12.5. The molecule has 0 amide bonds. The van der Waals surface area contributed by atoms with Crippen molar-refractivity contribution in [2.45, 2.75) is 10.3 Å². The second-order valence-electron chi connectivity index (χ2n) is 4.69. The van der Waals surface area contributed by atoms with Gasteiger partial charge in [-0.25, -0.2) is 8.42 Å². The summed E-state index contributed by atoms with van der Waals surface area (Å²) in [6, 6.07) is 9.41. The quantitative estimate of drug-likeness (QED) is 0.926. The number of sulfonamides is 1. The van der Waals surface area contributed by atoms with E-state index in [0.29, 0.717) is 30.5 Å². The first-order chi connectivity index (χ1) is 9.61. The van der Waals surface area contributed by atoms with Crippen LogP contribution >= 0.6 is 11.3 Å². The Morgan fingerprint density at radius 1 is 1.40 bits per heavy atom. The Morgan fingerprint density at radius 3 is 2.95 bits per heavy atom. The van der Waals surface area contributed by atoms with E-state index in [1.165, 1.54) is 15.6 Å². The monoisotopic (exact) mass is 312 g/mol. The highest BCUT2D eigenvalue weighted by molar-refractivity contribution is 7.91. The molecule has 1 aromatic heterocycles. The molecule has 0 radical (unpaired) electrons. The van der Waals surface area contributed by atoms with Crippen molar-refractivity contribution in [3.05, 3.63) is 30.3 Å². The largest absolute Gasteiger partial charge is 0.374 e. The number of hydrogen-bond acceptors (Lipinski definition) is 5. The van der Waals surface area contributed by atoms with E-state index in [1.54, 1.807) is 6.07 Å². The highest BCUT2D eigenvalue weighted by Gasteiger charge is 2.31. The van der Waals surface area contributed by atoms with Crippen LogP contribution in [0.5, 0.6) is 0 Å². The van der Waals surface area contributed by atoms with Crippen molar-refractivity contribution in [3.63, 3.8) is 0 Å². The minimum atomic E-state index is -3.45. The molecule has 5 nitrogen and oxygen atoms in total. The zero-order chi connectivity index (χ0) is 14.2. The second kappa shape index (κ2) is 5.42. The predicted molar refractivity (Wildman–Crippen MR) is 79.4 cm³/mol. The van der Waals surface area contributed by atoms with Crippen LogP contribution in [0.25, 0.3) is 10.1 Å². The predicted octanol–water partition coefficient (Wildman–Crippen LogP) is 1.25. The minimum Gasteiger partial charge on any atom is -0.374 e. The molecular formula is C13H16N2O3S2. The smallest absolute Gasteiger partial charge is 0.252 e. The van der Waals surface area contributed by atoms with Gasteiger partial charge < -0.3 is 10.5 Å². The average Bonchev–Trinajstić information content (AvgIpc) is 2.92. The van der Waals surface area contributed by atoms with Crippen LogP contribution in [0, 0.1) is 0 Å². The van der Waals surface area contributed by atoms with Gasteiger partial charge in [-0.2, -0.15) is 4.31 Å². The molecule has 2 heterocycles. The highest BCUT2D eigenvalue weighted by Crippen LogP contribution is 2.31. The van der Waals surface area contributed by atoms with Gasteiger partial charge in [0.2, 0.25) is 0 Å². The molecule has 1 saturated heterocycles. The number of thiophene rings is 1. The first-order valence-corrected chi connectivity index (χ1v) is 8.67. The summed E-state index contributed by atoms with van der Waals surface area (Å²) < 4.78 is 33.6. The van der Waals surface area contributed by atoms with Crippen LogP contribution in [0.2, 0.25) is 0 Å². The molecule has 1 aliphatic rings. The van der Waals surface area contributed by atoms with Crippen LogP contribution in [0.15, 0.2) is 34.5 Å². The van der Waals surface area contributed by atoms with Gasteiger partial charge in [-0.05, 0) is 17.5 Å². The summed E-state index contributed by atoms with van der Waals surface area (Å²) in [6.07, 6.45) is -0.215. The van der Waals surface area contributed by atoms with E-state index in [4.69, 9.17) is 10.5 Å². The summed E-state index contributed by atoms with van der Waals surface area (Å²) >= 11 is 1.30. The van der Waals surface area contributed by atoms with E-state index in [0.717, 1.165) is 10.1 Å². The van der Waals surface area contributed by atoms with Crippen LogP contribution in [-0.4, -0.2) is 45.1 Å². The van der Waals surface area contributed by atoms with Crippen molar-refractivity contribution >= 4 is 31.4 Å². The lowest BCUT2D eigenvalue weighted by molar-refractivity contribution is 0.00456. The third-order valence-electron chi connectivity index (χ3n) is 3.36. The Morgan fingerprint density at radius 2 is 2.20 bits per heavy atom. The molecule has 3 rings (SSSR count). The van der Waals surface area contributed by atoms with Crippen molar-refractivity contribution in [2.75, 3.05) is 26.2 Å². The molecule has 2 N–H and O–H groups in total. The number of nitrogens with two attached hydrogens (primary N) is 1. The molecule has 1 atom stereocenters. The molecule has 1 fully saturated rings. The van der Waals surface area contributed by atoms with E-state index in [-0.39, 0.29) is 6.10 Å². The Bertz CT molecular complexity index is 678. The Kier molecular flexibility index (Phi) is 3.78. The van der Waals surface area contributed by atoms with E-state index in [9.17, 15) is 8.42 Å². The van der Waals surface area contributed by atoms with Gasteiger partial charge in [0, 0.05) is 24.3 Å². The molecule has 0 saturated carbocycles. The third-order valence-corrected chi connectivity index (χ3v) is 6.79. The Hall–Kier alpha value is -0.990. The molecule has 0 bridgehead atoms. The second-order valence-corrected chi connectivity index (χ2v) is 7.94. The van der Waals surface area contributed by atoms with Crippen molar-refractivity contribution in [2.24, 2.45) is 5.73 Å². The van der Waals surface area contributed by atoms with Crippen LogP contribution < -0.4 is 5.73 Å². The number of morpholine rings is 1. The normalized spacial score (nSPS) is 21.4. The maximum absolute atomic E-state index is 12.7. The molecule has 1 aromatic carbocycles. The van der Waals surface area contributed by atoms with Crippen molar-refractivity contribution in [1.82, 2.24) is 4.31 Å². The van der Waals surface area contributed by atoms with Gasteiger partial charge in [0.15, 0.2) is 0 Å². The van der Waals surface area contributed by atoms with Gasteiger partial charge in [-0.1, -0.05) is 18.2 Å². The maximum atomic E-state index is 12.7. The number of hydrogen-bond donors (Lipinski definition) is 1. The van der Waals surface area contributed by atoms with E-state index < -0.39 is 10.0 Å². The maximum Gasteiger partial charge on any atom is 0.252 e. The van der Waals surface area contributed by atoms with Gasteiger partial charge in [0.25, 0.3) is 10.0 Å². The summed E-state index contributed by atoms with van der Waals surface area (Å²) in [5.41, 5.74) is 5.56. The summed E-state index contributed by atoms with van der Waals surface area (Å²) in [6.45, 7) is 1.44. The number of ether oxygens (including phenoxy) is 1. The molecule has 108 valence electrons. The van der Waals surface area contributed by atoms with Crippen molar-refractivity contribution in [3.8, 4) is 0 Å². The van der Waals surface area contributed by atoms with Gasteiger partial charge in [-0.3, -0.25) is 0 Å². The molecule has 2 aromatic rings. The van der Waals surface area contributed by atoms with Crippen LogP contribution in [0.4, 0.5) is 0 Å². The Balaban J connectivity index is 1.94. The van der Waals surface area contributed by atoms with Crippen LogP contribution in [-0.2, 0) is 14.8 Å². The van der Waals surface area contributed by atoms with E-state index >= 15 is 0 Å². The standard InChI is InChI=1S/C13H16N2O3S2/c14-8-11-9-15(5-6-18-11)20(16,17)13-7-10-3-1-2-4-12(10)19-13/h1-4,7,11H,5-6,8-9,14H2/t11-/m0/s1. The SMILES string of the molecule is NC[C@H]1CN(S(=O)(=O)c2cc3ccccc3s2)CCO1. The fraction of sp³-hybridized carbons (Fsp3) is 0.385. The summed E-state index contributed by atoms with van der Waals surface area (Å²) in [5.74, 6) is 0. The van der Waals surface area contributed by atoms with Gasteiger partial charge in [0.1, 0.15) is 4.21 Å². The van der Waals surface area contributed by atoms with Crippen molar-refractivity contribution in [1.29, 1.82) is 0 Å². The van der Waals surface area contributed by atoms with Gasteiger partial charge in [0.05, 0.1) is 12.7 Å². The lowest BCUT2D eigenvalue weighted by atomic mass is 10.3. The first kappa shape index (κ1) is 14.0. The minimum absolute atomic E-state index is 0.215. The lowest BCUT2D eigenvalue weighted by Crippen LogP contribution is -2.47. The summed E-state index contributed by atoms with van der Waals surface area (Å²) in [7, 11) is -3.45. The van der Waals surface area contributed by atoms with Crippen LogP contribution in [0.3, 0.4) is 0 Å². The fourth-order valence-corrected chi connectivity index (χ4v) is 5.27. The molecule has 0 unspecified atom stereocenters. The van der Waals surface area contributed by atoms with Crippen LogP contribution in [0.1, 0.15) is 0 Å². The fourth-order valence-electron chi connectivity index (χ4n) is 2.27. The average molecular weight is 312 g/mol. The molecule has 0 spiro atoms. The number of benzene rings is 1. The molecule has 1 aliphatic heterocycles. The summed E-state index contributed by atoms with van der Waals surface area (Å²) in [5, 5.41) is 0.958. The molecule has 7 heteroatoms. The van der Waals surface area contributed by atoms with Gasteiger partial charge >= 0.3 is 0 Å². The highest BCUT2D eigenvalue weighted by atomic mass is 32.2. The zero-order valence-electron chi connectivity index (χ0n) is 10.9. The van der Waals surface area contributed by atoms with Crippen molar-refractivity contribution < 1.29 is 13.2 Å². The lowest BCUT2D eigenvalue weighted by Gasteiger charge is -2.31. The number of rotatable bonds is 3. The molecule has 20 heavy (non-hydrogen) atoms.